The molecule has 2 amide bonds. The van der Waals surface area contributed by atoms with E-state index < -0.39 is 0 Å². The maximum absolute atomic E-state index is 14.5. The van der Waals surface area contributed by atoms with Crippen LogP contribution < -0.4 is 15.4 Å². The second-order valence-corrected chi connectivity index (χ2v) is 19.0. The van der Waals surface area contributed by atoms with Crippen LogP contribution in [0.25, 0.3) is 0 Å². The Hall–Kier alpha value is -3.12. The molecule has 2 aromatic carbocycles. The Kier molecular flexibility index (Phi) is 9.75. The second kappa shape index (κ2) is 13.6. The van der Waals surface area contributed by atoms with E-state index in [1.54, 1.807) is 12.1 Å². The third kappa shape index (κ3) is 5.85. The number of aliphatic hydroxyl groups excluding tert-OH is 1. The molecule has 5 fully saturated rings. The van der Waals surface area contributed by atoms with Crippen molar-refractivity contribution in [2.24, 2.45) is 56.7 Å². The summed E-state index contributed by atoms with van der Waals surface area (Å²) in [7, 11) is 0. The van der Waals surface area contributed by atoms with E-state index in [0.29, 0.717) is 54.8 Å². The first-order valence-electron chi connectivity index (χ1n) is 20.3. The molecular formula is C46H64N2O4. The van der Waals surface area contributed by atoms with Gasteiger partial charge in [-0.2, -0.15) is 0 Å². The van der Waals surface area contributed by atoms with Gasteiger partial charge in [0.05, 0.1) is 11.5 Å². The molecule has 0 unspecified atom stereocenters. The van der Waals surface area contributed by atoms with Gasteiger partial charge in [0.2, 0.25) is 5.91 Å². The number of aliphatic hydroxyl groups is 1. The number of ether oxygens (including phenoxy) is 1. The minimum Gasteiger partial charge on any atom is -0.489 e. The summed E-state index contributed by atoms with van der Waals surface area (Å²) in [4.78, 5) is 27.5. The van der Waals surface area contributed by atoms with Crippen LogP contribution in [0, 0.1) is 56.7 Å². The summed E-state index contributed by atoms with van der Waals surface area (Å²) >= 11 is 0. The zero-order valence-corrected chi connectivity index (χ0v) is 32.7. The highest BCUT2D eigenvalue weighted by Crippen LogP contribution is 2.77. The second-order valence-electron chi connectivity index (χ2n) is 19.0. The summed E-state index contributed by atoms with van der Waals surface area (Å²) in [5.74, 6) is 3.09. The average Bonchev–Trinajstić information content (AvgIpc) is 3.53. The summed E-state index contributed by atoms with van der Waals surface area (Å²) in [6.45, 7) is 20.5. The van der Waals surface area contributed by atoms with Gasteiger partial charge in [0, 0.05) is 18.7 Å². The van der Waals surface area contributed by atoms with Crippen LogP contribution in [0.3, 0.4) is 0 Å². The molecule has 5 aliphatic rings. The lowest BCUT2D eigenvalue weighted by atomic mass is 9.32. The van der Waals surface area contributed by atoms with Crippen LogP contribution in [0.2, 0.25) is 0 Å². The fourth-order valence-corrected chi connectivity index (χ4v) is 13.6. The largest absolute Gasteiger partial charge is 0.489 e. The van der Waals surface area contributed by atoms with Crippen LogP contribution in [0.4, 0.5) is 0 Å². The molecule has 0 bridgehead atoms. The van der Waals surface area contributed by atoms with Crippen LogP contribution in [-0.4, -0.2) is 36.1 Å². The smallest absolute Gasteiger partial charge is 0.251 e. The molecule has 0 saturated heterocycles. The Balaban J connectivity index is 1.01. The van der Waals surface area contributed by atoms with Gasteiger partial charge in [-0.25, -0.2) is 0 Å². The van der Waals surface area contributed by atoms with Gasteiger partial charge in [0.1, 0.15) is 12.4 Å². The minimum atomic E-state index is -0.380. The van der Waals surface area contributed by atoms with Gasteiger partial charge >= 0.3 is 0 Å². The van der Waals surface area contributed by atoms with Crippen LogP contribution >= 0.6 is 0 Å². The molecule has 0 aliphatic heterocycles. The number of carbonyl (C=O) groups is 2. The van der Waals surface area contributed by atoms with Gasteiger partial charge in [-0.3, -0.25) is 9.59 Å². The van der Waals surface area contributed by atoms with Crippen molar-refractivity contribution in [2.45, 2.75) is 118 Å². The summed E-state index contributed by atoms with van der Waals surface area (Å²) in [5.41, 5.74) is 3.08. The van der Waals surface area contributed by atoms with Gasteiger partial charge in [-0.1, -0.05) is 77.1 Å². The Morgan fingerprint density at radius 1 is 0.788 bits per heavy atom. The molecule has 52 heavy (non-hydrogen) atoms. The van der Waals surface area contributed by atoms with Crippen LogP contribution in [0.15, 0.2) is 66.7 Å². The Labute approximate surface area is 313 Å². The number of amides is 2. The zero-order valence-electron chi connectivity index (χ0n) is 32.7. The van der Waals surface area contributed by atoms with E-state index in [9.17, 15) is 14.7 Å². The highest BCUT2D eigenvalue weighted by atomic mass is 16.5. The topological polar surface area (TPSA) is 87.7 Å². The van der Waals surface area contributed by atoms with Crippen molar-refractivity contribution in [2.75, 3.05) is 13.1 Å². The number of benzene rings is 2. The van der Waals surface area contributed by atoms with Crippen molar-refractivity contribution in [3.8, 4) is 5.75 Å². The summed E-state index contributed by atoms with van der Waals surface area (Å²) in [5, 5.41) is 17.4. The fraction of sp³-hybridized carbons (Fsp3) is 0.652. The molecule has 0 aromatic heterocycles. The molecule has 0 spiro atoms. The molecule has 2 aromatic rings. The monoisotopic (exact) mass is 708 g/mol. The van der Waals surface area contributed by atoms with Gasteiger partial charge in [-0.15, -0.1) is 0 Å². The van der Waals surface area contributed by atoms with Crippen molar-refractivity contribution in [1.29, 1.82) is 0 Å². The normalized spacial score (nSPS) is 38.8. The zero-order chi connectivity index (χ0) is 37.1. The summed E-state index contributed by atoms with van der Waals surface area (Å²) in [6, 6.07) is 17.2. The molecule has 6 heteroatoms. The maximum Gasteiger partial charge on any atom is 0.251 e. The Morgan fingerprint density at radius 2 is 1.50 bits per heavy atom. The van der Waals surface area contributed by atoms with Gasteiger partial charge in [0.25, 0.3) is 5.91 Å². The number of hydrogen-bond acceptors (Lipinski definition) is 4. The first-order valence-corrected chi connectivity index (χ1v) is 20.3. The lowest BCUT2D eigenvalue weighted by molar-refractivity contribution is -0.246. The fourth-order valence-electron chi connectivity index (χ4n) is 13.6. The van der Waals surface area contributed by atoms with Crippen LogP contribution in [-0.2, 0) is 11.4 Å². The number of rotatable bonds is 9. The molecule has 0 radical (unpaired) electrons. The van der Waals surface area contributed by atoms with E-state index in [1.807, 2.05) is 42.5 Å². The average molecular weight is 709 g/mol. The number of hydrogen-bond donors (Lipinski definition) is 3. The molecule has 7 rings (SSSR count). The van der Waals surface area contributed by atoms with E-state index in [0.717, 1.165) is 49.8 Å². The molecule has 0 heterocycles. The van der Waals surface area contributed by atoms with Gasteiger partial charge in [0.15, 0.2) is 0 Å². The predicted octanol–water partition coefficient (Wildman–Crippen LogP) is 9.13. The van der Waals surface area contributed by atoms with E-state index >= 15 is 0 Å². The third-order valence-electron chi connectivity index (χ3n) is 16.6. The van der Waals surface area contributed by atoms with Crippen molar-refractivity contribution in [3.63, 3.8) is 0 Å². The van der Waals surface area contributed by atoms with E-state index in [-0.39, 0.29) is 45.0 Å². The van der Waals surface area contributed by atoms with E-state index in [2.05, 4.69) is 58.8 Å². The lowest BCUT2D eigenvalue weighted by Crippen LogP contribution is -2.67. The first kappa shape index (κ1) is 37.2. The lowest BCUT2D eigenvalue weighted by Gasteiger charge is -2.72. The van der Waals surface area contributed by atoms with Crippen molar-refractivity contribution in [3.05, 3.63) is 77.9 Å². The van der Waals surface area contributed by atoms with Crippen molar-refractivity contribution in [1.82, 2.24) is 10.6 Å². The van der Waals surface area contributed by atoms with Crippen LogP contribution in [0.5, 0.6) is 5.75 Å². The maximum atomic E-state index is 14.5. The quantitative estimate of drug-likeness (QED) is 0.179. The molecule has 282 valence electrons. The highest BCUT2D eigenvalue weighted by Gasteiger charge is 2.71. The van der Waals surface area contributed by atoms with Gasteiger partial charge < -0.3 is 20.5 Å². The number of carbonyl (C=O) groups excluding carboxylic acids is 2. The molecule has 6 nitrogen and oxygen atoms in total. The number of allylic oxidation sites excluding steroid dienone is 1. The van der Waals surface area contributed by atoms with E-state index in [4.69, 9.17) is 4.74 Å². The third-order valence-corrected chi connectivity index (χ3v) is 16.6. The molecule has 5 saturated carbocycles. The summed E-state index contributed by atoms with van der Waals surface area (Å²) in [6.07, 6.45) is 10.6. The first-order chi connectivity index (χ1) is 24.7. The Morgan fingerprint density at radius 3 is 2.21 bits per heavy atom. The predicted molar refractivity (Wildman–Crippen MR) is 208 cm³/mol. The van der Waals surface area contributed by atoms with E-state index in [1.165, 1.54) is 31.3 Å². The van der Waals surface area contributed by atoms with Crippen molar-refractivity contribution >= 4 is 11.8 Å². The SMILES string of the molecule is C=C(C)[C@@H]1CC[C@]2(C(=O)NCCNC(=O)c3ccc(OCc4ccccc4)cc3)CC[C@]3(C)[C@H](CC[C@@H]4[C@@]5(C)CC[C@H](O)C(C)(C)[C@@H]5CC[C@]43C)[C@@H]12. The van der Waals surface area contributed by atoms with Gasteiger partial charge in [-0.05, 0) is 152 Å². The van der Waals surface area contributed by atoms with Crippen LogP contribution in [0.1, 0.15) is 122 Å². The molecular weight excluding hydrogens is 645 g/mol. The number of fused-ring (bicyclic) bond motifs is 7. The molecule has 10 atom stereocenters. The molecule has 3 N–H and O–H groups in total. The van der Waals surface area contributed by atoms with Crippen molar-refractivity contribution < 1.29 is 19.4 Å². The minimum absolute atomic E-state index is 0.0515. The standard InChI is InChI=1S/C46H64N2O4/c1-30(2)34-19-24-46(41(51)48-28-27-47-40(50)32-13-15-33(16-14-32)52-29-31-11-9-8-10-12-31)26-25-44(6)35(39(34)46)17-18-37-43(5)22-21-38(49)42(3,4)36(43)20-23-45(37,44)7/h8-16,34-39,49H,1,17-29H2,2-7H3,(H,47,50)(H,48,51)/t34-,35+,36-,37+,38-,39+,43-,44+,45+,46-/m0/s1. The highest BCUT2D eigenvalue weighted by molar-refractivity contribution is 5.94. The number of nitrogens with one attached hydrogen (secondary N) is 2. The summed E-state index contributed by atoms with van der Waals surface area (Å²) < 4.78 is 5.88. The molecule has 5 aliphatic carbocycles. The Bertz CT molecular complexity index is 1650.